The molecule has 0 spiro atoms. The molecule has 28 heavy (non-hydrogen) atoms. The van der Waals surface area contributed by atoms with Crippen LogP contribution in [0, 0.1) is 30.1 Å². The topological polar surface area (TPSA) is 52.6 Å². The lowest BCUT2D eigenvalue weighted by molar-refractivity contribution is -0.0966. The van der Waals surface area contributed by atoms with E-state index in [1.165, 1.54) is 38.5 Å². The van der Waals surface area contributed by atoms with Gasteiger partial charge in [-0.15, -0.1) is 0 Å². The van der Waals surface area contributed by atoms with Gasteiger partial charge in [-0.05, 0) is 100 Å². The van der Waals surface area contributed by atoms with Crippen molar-refractivity contribution in [2.75, 3.05) is 19.8 Å². The number of unbranched alkanes of at least 4 members (excludes halogenated alkanes) is 2. The molecule has 0 unspecified atom stereocenters. The monoisotopic (exact) mass is 406 g/mol. The molecule has 156 valence electrons. The number of aryl methyl sites for hydroxylation is 1. The summed E-state index contributed by atoms with van der Waals surface area (Å²) in [6, 6.07) is 6.78. The maximum absolute atomic E-state index is 12.1. The summed E-state index contributed by atoms with van der Waals surface area (Å²) in [7, 11) is -3.63. The van der Waals surface area contributed by atoms with Crippen molar-refractivity contribution < 1.29 is 17.3 Å². The van der Waals surface area contributed by atoms with Crippen LogP contribution >= 0.6 is 0 Å². The number of rotatable bonds is 10. The van der Waals surface area contributed by atoms with E-state index in [4.69, 9.17) is 8.92 Å². The summed E-state index contributed by atoms with van der Waals surface area (Å²) in [5.41, 5.74) is 1.52. The van der Waals surface area contributed by atoms with Gasteiger partial charge in [0.25, 0.3) is 10.1 Å². The maximum atomic E-state index is 12.1. The quantitative estimate of drug-likeness (QED) is 0.400. The average molecular weight is 407 g/mol. The zero-order valence-corrected chi connectivity index (χ0v) is 17.9. The molecular weight excluding hydrogens is 372 g/mol. The second-order valence-corrected chi connectivity index (χ2v) is 11.2. The minimum absolute atomic E-state index is 0.233. The van der Waals surface area contributed by atoms with Gasteiger partial charge >= 0.3 is 0 Å². The highest BCUT2D eigenvalue weighted by atomic mass is 32.2. The van der Waals surface area contributed by atoms with Crippen LogP contribution in [-0.2, 0) is 19.0 Å². The molecule has 1 aromatic carbocycles. The minimum atomic E-state index is -3.63. The van der Waals surface area contributed by atoms with Gasteiger partial charge in [0.15, 0.2) is 0 Å². The molecule has 0 aliphatic heterocycles. The number of benzene rings is 1. The zero-order chi connectivity index (χ0) is 19.6. The summed E-state index contributed by atoms with van der Waals surface area (Å²) in [5, 5.41) is 0. The van der Waals surface area contributed by atoms with Crippen molar-refractivity contribution in [3.05, 3.63) is 29.8 Å². The molecule has 0 heterocycles. The predicted molar refractivity (Wildman–Crippen MR) is 110 cm³/mol. The van der Waals surface area contributed by atoms with E-state index in [2.05, 4.69) is 0 Å². The molecule has 4 aliphatic carbocycles. The highest BCUT2D eigenvalue weighted by molar-refractivity contribution is 7.86. The van der Waals surface area contributed by atoms with Crippen molar-refractivity contribution in [1.29, 1.82) is 0 Å². The summed E-state index contributed by atoms with van der Waals surface area (Å²) in [6.07, 6.45) is 11.3. The summed E-state index contributed by atoms with van der Waals surface area (Å²) in [6.45, 7) is 3.90. The highest BCUT2D eigenvalue weighted by Gasteiger charge is 2.50. The van der Waals surface area contributed by atoms with Crippen LogP contribution in [0.1, 0.15) is 63.4 Å². The highest BCUT2D eigenvalue weighted by Crippen LogP contribution is 2.60. The molecule has 0 N–H and O–H groups in total. The van der Waals surface area contributed by atoms with Gasteiger partial charge in [-0.1, -0.05) is 17.7 Å². The van der Waals surface area contributed by atoms with E-state index in [-0.39, 0.29) is 11.5 Å². The van der Waals surface area contributed by atoms with Crippen LogP contribution in [0.4, 0.5) is 0 Å². The average Bonchev–Trinajstić information content (AvgIpc) is 2.63. The first kappa shape index (κ1) is 20.4. The van der Waals surface area contributed by atoms with Gasteiger partial charge in [0.1, 0.15) is 0 Å². The van der Waals surface area contributed by atoms with Crippen molar-refractivity contribution in [2.45, 2.75) is 69.6 Å². The van der Waals surface area contributed by atoms with Gasteiger partial charge in [-0.25, -0.2) is 0 Å². The Balaban J connectivity index is 1.10. The molecule has 0 aromatic heterocycles. The first-order valence-electron chi connectivity index (χ1n) is 11.0. The molecule has 0 radical (unpaired) electrons. The van der Waals surface area contributed by atoms with Gasteiger partial charge < -0.3 is 4.74 Å². The Hall–Kier alpha value is -0.910. The van der Waals surface area contributed by atoms with Crippen molar-refractivity contribution >= 4 is 10.1 Å². The van der Waals surface area contributed by atoms with E-state index in [1.54, 1.807) is 24.3 Å². The molecule has 1 aromatic rings. The standard InChI is InChI=1S/C23H34O4S/c1-18-5-7-22(8-6-18)28(24,25)27-10-4-2-3-9-26-17-23-14-19-11-20(15-23)13-21(12-19)16-23/h5-8,19-21H,2-4,9-17H2,1H3. The van der Waals surface area contributed by atoms with Gasteiger partial charge in [0.2, 0.25) is 0 Å². The summed E-state index contributed by atoms with van der Waals surface area (Å²) >= 11 is 0. The Labute approximate surface area is 170 Å². The summed E-state index contributed by atoms with van der Waals surface area (Å²) in [4.78, 5) is 0.233. The molecule has 5 heteroatoms. The van der Waals surface area contributed by atoms with Crippen LogP contribution in [0.5, 0.6) is 0 Å². The fraction of sp³-hybridized carbons (Fsp3) is 0.739. The Bertz CT molecular complexity index is 718. The third kappa shape index (κ3) is 4.80. The molecular formula is C23H34O4S. The van der Waals surface area contributed by atoms with Crippen molar-refractivity contribution in [2.24, 2.45) is 23.2 Å². The molecule has 5 rings (SSSR count). The fourth-order valence-electron chi connectivity index (χ4n) is 6.18. The van der Waals surface area contributed by atoms with E-state index in [1.807, 2.05) is 6.92 Å². The van der Waals surface area contributed by atoms with Crippen LogP contribution in [0.25, 0.3) is 0 Å². The molecule has 0 amide bonds. The third-order valence-electron chi connectivity index (χ3n) is 7.05. The summed E-state index contributed by atoms with van der Waals surface area (Å²) in [5.74, 6) is 2.92. The van der Waals surface area contributed by atoms with Crippen LogP contribution < -0.4 is 0 Å². The van der Waals surface area contributed by atoms with Crippen molar-refractivity contribution in [3.63, 3.8) is 0 Å². The van der Waals surface area contributed by atoms with Crippen LogP contribution in [-0.4, -0.2) is 28.2 Å². The molecule has 0 atom stereocenters. The number of hydrogen-bond acceptors (Lipinski definition) is 4. The van der Waals surface area contributed by atoms with Crippen LogP contribution in [0.2, 0.25) is 0 Å². The second-order valence-electron chi connectivity index (χ2n) is 9.62. The van der Waals surface area contributed by atoms with E-state index in [0.717, 1.165) is 55.8 Å². The molecule has 4 fully saturated rings. The van der Waals surface area contributed by atoms with E-state index >= 15 is 0 Å². The molecule has 4 aliphatic rings. The van der Waals surface area contributed by atoms with E-state index in [0.29, 0.717) is 5.41 Å². The first-order chi connectivity index (χ1) is 13.4. The van der Waals surface area contributed by atoms with Crippen LogP contribution in [0.15, 0.2) is 29.2 Å². The Morgan fingerprint density at radius 1 is 0.893 bits per heavy atom. The Morgan fingerprint density at radius 3 is 2.07 bits per heavy atom. The van der Waals surface area contributed by atoms with Gasteiger partial charge in [-0.3, -0.25) is 4.18 Å². The predicted octanol–water partition coefficient (Wildman–Crippen LogP) is 5.10. The van der Waals surface area contributed by atoms with Crippen molar-refractivity contribution in [3.8, 4) is 0 Å². The lowest BCUT2D eigenvalue weighted by Crippen LogP contribution is -2.48. The number of ether oxygens (including phenoxy) is 1. The van der Waals surface area contributed by atoms with E-state index in [9.17, 15) is 8.42 Å². The molecule has 4 nitrogen and oxygen atoms in total. The zero-order valence-electron chi connectivity index (χ0n) is 17.1. The first-order valence-corrected chi connectivity index (χ1v) is 12.4. The van der Waals surface area contributed by atoms with Gasteiger partial charge in [-0.2, -0.15) is 8.42 Å². The summed E-state index contributed by atoms with van der Waals surface area (Å²) < 4.78 is 35.5. The maximum Gasteiger partial charge on any atom is 0.296 e. The number of hydrogen-bond donors (Lipinski definition) is 0. The smallest absolute Gasteiger partial charge is 0.296 e. The Kier molecular flexibility index (Phi) is 6.15. The fourth-order valence-corrected chi connectivity index (χ4v) is 7.12. The van der Waals surface area contributed by atoms with Crippen LogP contribution in [0.3, 0.4) is 0 Å². The Morgan fingerprint density at radius 2 is 1.46 bits per heavy atom. The third-order valence-corrected chi connectivity index (χ3v) is 8.38. The lowest BCUT2D eigenvalue weighted by atomic mass is 9.50. The second kappa shape index (κ2) is 8.45. The van der Waals surface area contributed by atoms with E-state index < -0.39 is 10.1 Å². The minimum Gasteiger partial charge on any atom is -0.381 e. The lowest BCUT2D eigenvalue weighted by Gasteiger charge is -2.56. The largest absolute Gasteiger partial charge is 0.381 e. The van der Waals surface area contributed by atoms with Crippen molar-refractivity contribution in [1.82, 2.24) is 0 Å². The molecule has 0 saturated heterocycles. The normalized spacial score (nSPS) is 31.4. The van der Waals surface area contributed by atoms with Gasteiger partial charge in [0, 0.05) is 6.61 Å². The molecule has 4 bridgehead atoms. The SMILES string of the molecule is Cc1ccc(S(=O)(=O)OCCCCCOCC23CC4CC(CC(C4)C2)C3)cc1. The van der Waals surface area contributed by atoms with Gasteiger partial charge in [0.05, 0.1) is 18.1 Å². The molecule has 4 saturated carbocycles.